The molecule has 9 aromatic rings. The molecule has 1 aliphatic carbocycles. The largest absolute Gasteiger partial charge is 0.310 e. The van der Waals surface area contributed by atoms with Crippen molar-refractivity contribution in [3.63, 3.8) is 0 Å². The Balaban J connectivity index is 1.26. The Hall–Kier alpha value is -7.42. The van der Waals surface area contributed by atoms with Gasteiger partial charge < -0.3 is 9.80 Å². The molecule has 0 unspecified atom stereocenters. The van der Waals surface area contributed by atoms with Crippen molar-refractivity contribution in [3.8, 4) is 22.3 Å². The third kappa shape index (κ3) is 6.00. The number of benzene rings is 9. The van der Waals surface area contributed by atoms with Crippen LogP contribution in [0.4, 0.5) is 34.1 Å². The van der Waals surface area contributed by atoms with Gasteiger partial charge in [-0.3, -0.25) is 0 Å². The molecule has 0 radical (unpaired) electrons. The Morgan fingerprint density at radius 2 is 0.561 bits per heavy atom. The Labute approximate surface area is 335 Å². The summed E-state index contributed by atoms with van der Waals surface area (Å²) in [7, 11) is 0. The summed E-state index contributed by atoms with van der Waals surface area (Å²) in [4.78, 5) is 4.74. The highest BCUT2D eigenvalue weighted by Gasteiger charge is 2.47. The van der Waals surface area contributed by atoms with E-state index in [-0.39, 0.29) is 0 Å². The van der Waals surface area contributed by atoms with Crippen LogP contribution in [0.25, 0.3) is 22.3 Å². The van der Waals surface area contributed by atoms with Crippen LogP contribution in [0, 0.1) is 0 Å². The van der Waals surface area contributed by atoms with Gasteiger partial charge in [-0.05, 0) is 117 Å². The lowest BCUT2D eigenvalue weighted by molar-refractivity contribution is 0.768. The first-order valence-corrected chi connectivity index (χ1v) is 19.6. The number of rotatable bonds is 9. The van der Waals surface area contributed by atoms with Gasteiger partial charge in [-0.25, -0.2) is 0 Å². The normalized spacial score (nSPS) is 12.4. The van der Waals surface area contributed by atoms with Crippen molar-refractivity contribution >= 4 is 34.1 Å². The molecule has 2 heteroatoms. The molecule has 0 amide bonds. The highest BCUT2D eigenvalue weighted by molar-refractivity contribution is 5.92. The Kier molecular flexibility index (Phi) is 8.78. The molecule has 10 rings (SSSR count). The summed E-state index contributed by atoms with van der Waals surface area (Å²) in [6.45, 7) is 0. The van der Waals surface area contributed by atoms with Crippen molar-refractivity contribution in [2.75, 3.05) is 9.80 Å². The number of fused-ring (bicyclic) bond motifs is 3. The van der Waals surface area contributed by atoms with Gasteiger partial charge in [0.1, 0.15) is 0 Å². The van der Waals surface area contributed by atoms with Crippen molar-refractivity contribution in [2.45, 2.75) is 5.41 Å². The molecule has 0 bridgehead atoms. The standard InChI is InChI=1S/C55H40N2/c1-7-19-41(20-8-1)42-31-33-44(34-32-42)55(43-21-9-2-10-22-43)53-39-49(56(45-23-11-3-12-24-45)46-25-13-4-14-26-46)35-37-51(53)52-38-36-50(40-54(52)55)57(47-27-15-5-16-28-47)48-29-17-6-18-30-48/h1-40H. The van der Waals surface area contributed by atoms with Crippen molar-refractivity contribution in [2.24, 2.45) is 0 Å². The van der Waals surface area contributed by atoms with Crippen LogP contribution in [0.1, 0.15) is 22.3 Å². The maximum atomic E-state index is 2.44. The van der Waals surface area contributed by atoms with E-state index in [1.165, 1.54) is 44.5 Å². The SMILES string of the molecule is c1ccc(-c2ccc(C3(c4ccccc4)c4cc(N(c5ccccc5)c5ccccc5)ccc4-c4ccc(N(c5ccccc5)c5ccccc5)cc43)cc2)cc1. The summed E-state index contributed by atoms with van der Waals surface area (Å²) in [5, 5.41) is 0. The van der Waals surface area contributed by atoms with E-state index in [0.717, 1.165) is 34.1 Å². The molecule has 57 heavy (non-hydrogen) atoms. The fourth-order valence-corrected chi connectivity index (χ4v) is 8.80. The molecule has 0 spiro atoms. The minimum absolute atomic E-state index is 0.634. The predicted octanol–water partition coefficient (Wildman–Crippen LogP) is 14.7. The van der Waals surface area contributed by atoms with Crippen LogP contribution in [-0.2, 0) is 5.41 Å². The van der Waals surface area contributed by atoms with Crippen molar-refractivity contribution < 1.29 is 0 Å². The fourth-order valence-electron chi connectivity index (χ4n) is 8.80. The topological polar surface area (TPSA) is 6.48 Å². The number of hydrogen-bond acceptors (Lipinski definition) is 2. The van der Waals surface area contributed by atoms with Gasteiger partial charge in [0.25, 0.3) is 0 Å². The van der Waals surface area contributed by atoms with Crippen molar-refractivity contribution in [1.29, 1.82) is 0 Å². The zero-order valence-corrected chi connectivity index (χ0v) is 31.5. The Morgan fingerprint density at radius 1 is 0.246 bits per heavy atom. The van der Waals surface area contributed by atoms with E-state index in [9.17, 15) is 0 Å². The average molecular weight is 729 g/mol. The number of hydrogen-bond donors (Lipinski definition) is 0. The Bertz CT molecular complexity index is 2540. The second-order valence-electron chi connectivity index (χ2n) is 14.5. The Morgan fingerprint density at radius 3 is 0.947 bits per heavy atom. The van der Waals surface area contributed by atoms with E-state index in [0.29, 0.717) is 0 Å². The average Bonchev–Trinajstić information content (AvgIpc) is 3.58. The molecule has 270 valence electrons. The molecule has 0 saturated carbocycles. The molecule has 0 N–H and O–H groups in total. The fraction of sp³-hybridized carbons (Fsp3) is 0.0182. The monoisotopic (exact) mass is 728 g/mol. The summed E-state index contributed by atoms with van der Waals surface area (Å²) >= 11 is 0. The zero-order chi connectivity index (χ0) is 38.0. The van der Waals surface area contributed by atoms with Gasteiger partial charge >= 0.3 is 0 Å². The first-order chi connectivity index (χ1) is 28.3. The van der Waals surface area contributed by atoms with Crippen LogP contribution in [0.15, 0.2) is 243 Å². The molecular formula is C55H40N2. The summed E-state index contributed by atoms with van der Waals surface area (Å²) in [6.07, 6.45) is 0. The summed E-state index contributed by atoms with van der Waals surface area (Å²) in [5.74, 6) is 0. The van der Waals surface area contributed by atoms with Gasteiger partial charge in [0.2, 0.25) is 0 Å². The van der Waals surface area contributed by atoms with Gasteiger partial charge in [0.05, 0.1) is 5.41 Å². The molecule has 1 aliphatic rings. The molecule has 0 atom stereocenters. The van der Waals surface area contributed by atoms with Gasteiger partial charge in [-0.1, -0.05) is 170 Å². The first-order valence-electron chi connectivity index (χ1n) is 19.6. The zero-order valence-electron chi connectivity index (χ0n) is 31.5. The van der Waals surface area contributed by atoms with E-state index in [4.69, 9.17) is 0 Å². The van der Waals surface area contributed by atoms with Crippen LogP contribution in [-0.4, -0.2) is 0 Å². The third-order valence-electron chi connectivity index (χ3n) is 11.3. The smallest absolute Gasteiger partial charge is 0.0715 e. The number of nitrogens with zero attached hydrogens (tertiary/aromatic N) is 2. The molecule has 9 aromatic carbocycles. The highest BCUT2D eigenvalue weighted by atomic mass is 15.1. The van der Waals surface area contributed by atoms with Crippen LogP contribution in [0.5, 0.6) is 0 Å². The van der Waals surface area contributed by atoms with Crippen LogP contribution < -0.4 is 9.80 Å². The lowest BCUT2D eigenvalue weighted by atomic mass is 9.67. The lowest BCUT2D eigenvalue weighted by Crippen LogP contribution is -2.29. The van der Waals surface area contributed by atoms with Crippen LogP contribution >= 0.6 is 0 Å². The van der Waals surface area contributed by atoms with Crippen LogP contribution in [0.2, 0.25) is 0 Å². The molecular weight excluding hydrogens is 689 g/mol. The number of para-hydroxylation sites is 4. The highest BCUT2D eigenvalue weighted by Crippen LogP contribution is 2.58. The molecule has 0 heterocycles. The van der Waals surface area contributed by atoms with E-state index in [1.807, 2.05) is 0 Å². The maximum absolute atomic E-state index is 2.44. The quantitative estimate of drug-likeness (QED) is 0.146. The minimum atomic E-state index is -0.634. The van der Waals surface area contributed by atoms with Gasteiger partial charge in [-0.15, -0.1) is 0 Å². The molecule has 2 nitrogen and oxygen atoms in total. The summed E-state index contributed by atoms with van der Waals surface area (Å²) < 4.78 is 0. The van der Waals surface area contributed by atoms with E-state index < -0.39 is 5.41 Å². The van der Waals surface area contributed by atoms with E-state index in [1.54, 1.807) is 0 Å². The summed E-state index contributed by atoms with van der Waals surface area (Å²) in [6, 6.07) is 88.0. The first kappa shape index (κ1) is 34.1. The van der Waals surface area contributed by atoms with Gasteiger partial charge in [0, 0.05) is 34.1 Å². The second kappa shape index (κ2) is 14.7. The van der Waals surface area contributed by atoms with E-state index in [2.05, 4.69) is 252 Å². The maximum Gasteiger partial charge on any atom is 0.0715 e. The van der Waals surface area contributed by atoms with Crippen molar-refractivity contribution in [3.05, 3.63) is 265 Å². The molecule has 0 aliphatic heterocycles. The predicted molar refractivity (Wildman–Crippen MR) is 239 cm³/mol. The molecule has 0 saturated heterocycles. The van der Waals surface area contributed by atoms with Gasteiger partial charge in [-0.2, -0.15) is 0 Å². The van der Waals surface area contributed by atoms with Gasteiger partial charge in [0.15, 0.2) is 0 Å². The minimum Gasteiger partial charge on any atom is -0.310 e. The lowest BCUT2D eigenvalue weighted by Gasteiger charge is -2.36. The second-order valence-corrected chi connectivity index (χ2v) is 14.5. The number of anilines is 6. The van der Waals surface area contributed by atoms with Crippen molar-refractivity contribution in [1.82, 2.24) is 0 Å². The molecule has 0 fully saturated rings. The van der Waals surface area contributed by atoms with Crippen LogP contribution in [0.3, 0.4) is 0 Å². The third-order valence-corrected chi connectivity index (χ3v) is 11.3. The van der Waals surface area contributed by atoms with E-state index >= 15 is 0 Å². The summed E-state index contributed by atoms with van der Waals surface area (Å²) in [5.41, 5.74) is 15.9. The molecule has 0 aromatic heterocycles.